The Labute approximate surface area is 108 Å². The molecule has 0 radical (unpaired) electrons. The number of nitrogens with one attached hydrogen (secondary N) is 1. The first-order valence-electron chi connectivity index (χ1n) is 5.44. The molecule has 0 fully saturated rings. The standard InChI is InChI=1S/C13H10F2N2O2/c14-10-6-11(15)12(16-7-10)17-13(18)19-8-9-4-2-1-3-5-9/h1-7H,8H2,(H,16,17,18). The molecule has 0 atom stereocenters. The molecule has 0 unspecified atom stereocenters. The molecule has 1 N–H and O–H groups in total. The molecule has 0 spiro atoms. The van der Waals surface area contributed by atoms with Gasteiger partial charge in [-0.15, -0.1) is 0 Å². The Kier molecular flexibility index (Phi) is 4.02. The van der Waals surface area contributed by atoms with Crippen molar-refractivity contribution in [3.8, 4) is 0 Å². The van der Waals surface area contributed by atoms with Gasteiger partial charge in [0.15, 0.2) is 11.6 Å². The van der Waals surface area contributed by atoms with E-state index in [2.05, 4.69) is 10.3 Å². The van der Waals surface area contributed by atoms with Crippen molar-refractivity contribution >= 4 is 11.9 Å². The summed E-state index contributed by atoms with van der Waals surface area (Å²) < 4.78 is 30.7. The van der Waals surface area contributed by atoms with E-state index in [1.807, 2.05) is 6.07 Å². The van der Waals surface area contributed by atoms with Crippen LogP contribution in [0.5, 0.6) is 0 Å². The Bertz CT molecular complexity index is 576. The Balaban J connectivity index is 1.91. The van der Waals surface area contributed by atoms with Gasteiger partial charge in [-0.3, -0.25) is 5.32 Å². The zero-order valence-corrected chi connectivity index (χ0v) is 9.77. The lowest BCUT2D eigenvalue weighted by Crippen LogP contribution is -2.15. The molecule has 1 heterocycles. The minimum atomic E-state index is -0.961. The van der Waals surface area contributed by atoms with Gasteiger partial charge in [-0.1, -0.05) is 30.3 Å². The zero-order valence-electron chi connectivity index (χ0n) is 9.77. The van der Waals surface area contributed by atoms with Crippen LogP contribution in [0.4, 0.5) is 19.4 Å². The maximum atomic E-state index is 13.2. The molecule has 1 aromatic heterocycles. The number of nitrogens with zero attached hydrogens (tertiary/aromatic N) is 1. The van der Waals surface area contributed by atoms with Crippen molar-refractivity contribution in [3.63, 3.8) is 0 Å². The van der Waals surface area contributed by atoms with Crippen LogP contribution >= 0.6 is 0 Å². The number of anilines is 1. The molecule has 2 rings (SSSR count). The van der Waals surface area contributed by atoms with E-state index in [1.54, 1.807) is 24.3 Å². The molecule has 0 aliphatic rings. The first-order chi connectivity index (χ1) is 9.15. The van der Waals surface area contributed by atoms with Gasteiger partial charge in [-0.2, -0.15) is 0 Å². The maximum Gasteiger partial charge on any atom is 0.413 e. The average molecular weight is 264 g/mol. The summed E-state index contributed by atoms with van der Waals surface area (Å²) in [7, 11) is 0. The monoisotopic (exact) mass is 264 g/mol. The summed E-state index contributed by atoms with van der Waals surface area (Å²) in [5.74, 6) is -2.16. The summed E-state index contributed by atoms with van der Waals surface area (Å²) in [6.45, 7) is 0.0511. The second-order valence-electron chi connectivity index (χ2n) is 3.67. The van der Waals surface area contributed by atoms with Crippen LogP contribution in [0.25, 0.3) is 0 Å². The Morgan fingerprint density at radius 1 is 1.26 bits per heavy atom. The number of amides is 1. The molecular formula is C13H10F2N2O2. The van der Waals surface area contributed by atoms with E-state index < -0.39 is 17.7 Å². The average Bonchev–Trinajstić information content (AvgIpc) is 2.41. The Morgan fingerprint density at radius 3 is 2.68 bits per heavy atom. The summed E-state index contributed by atoms with van der Waals surface area (Å²) in [6.07, 6.45) is -0.0579. The Morgan fingerprint density at radius 2 is 2.00 bits per heavy atom. The lowest BCUT2D eigenvalue weighted by molar-refractivity contribution is 0.155. The van der Waals surface area contributed by atoms with Crippen LogP contribution in [0.15, 0.2) is 42.6 Å². The number of rotatable bonds is 3. The third-order valence-corrected chi connectivity index (χ3v) is 2.24. The Hall–Kier alpha value is -2.50. The highest BCUT2D eigenvalue weighted by molar-refractivity contribution is 5.83. The number of carbonyl (C=O) groups excluding carboxylic acids is 1. The molecule has 0 saturated carbocycles. The smallest absolute Gasteiger partial charge is 0.413 e. The molecular weight excluding hydrogens is 254 g/mol. The van der Waals surface area contributed by atoms with Crippen molar-refractivity contribution in [1.29, 1.82) is 0 Å². The maximum absolute atomic E-state index is 13.2. The van der Waals surface area contributed by atoms with Crippen LogP contribution in [-0.2, 0) is 11.3 Å². The third-order valence-electron chi connectivity index (χ3n) is 2.24. The minimum absolute atomic E-state index is 0.0511. The number of pyridine rings is 1. The van der Waals surface area contributed by atoms with Crippen molar-refractivity contribution < 1.29 is 18.3 Å². The van der Waals surface area contributed by atoms with E-state index >= 15 is 0 Å². The molecule has 6 heteroatoms. The first kappa shape index (κ1) is 12.9. The van der Waals surface area contributed by atoms with Crippen molar-refractivity contribution in [2.45, 2.75) is 6.61 Å². The quantitative estimate of drug-likeness (QED) is 0.926. The number of aromatic nitrogens is 1. The molecule has 1 amide bonds. The van der Waals surface area contributed by atoms with Gasteiger partial charge in [0.25, 0.3) is 0 Å². The van der Waals surface area contributed by atoms with E-state index in [0.29, 0.717) is 6.07 Å². The number of benzene rings is 1. The fraction of sp³-hybridized carbons (Fsp3) is 0.0769. The highest BCUT2D eigenvalue weighted by atomic mass is 19.1. The molecule has 0 aliphatic carbocycles. The highest BCUT2D eigenvalue weighted by Crippen LogP contribution is 2.11. The summed E-state index contributed by atoms with van der Waals surface area (Å²) in [4.78, 5) is 14.8. The van der Waals surface area contributed by atoms with E-state index in [4.69, 9.17) is 4.74 Å². The van der Waals surface area contributed by atoms with Crippen molar-refractivity contribution in [2.75, 3.05) is 5.32 Å². The topological polar surface area (TPSA) is 51.2 Å². The predicted molar refractivity (Wildman–Crippen MR) is 64.4 cm³/mol. The zero-order chi connectivity index (χ0) is 13.7. The van der Waals surface area contributed by atoms with Gasteiger partial charge in [0.1, 0.15) is 12.4 Å². The lowest BCUT2D eigenvalue weighted by atomic mass is 10.2. The van der Waals surface area contributed by atoms with Gasteiger partial charge in [0.05, 0.1) is 6.20 Å². The van der Waals surface area contributed by atoms with E-state index in [0.717, 1.165) is 11.8 Å². The van der Waals surface area contributed by atoms with E-state index in [-0.39, 0.29) is 12.4 Å². The molecule has 19 heavy (non-hydrogen) atoms. The highest BCUT2D eigenvalue weighted by Gasteiger charge is 2.10. The van der Waals surface area contributed by atoms with Gasteiger partial charge < -0.3 is 4.74 Å². The molecule has 98 valence electrons. The van der Waals surface area contributed by atoms with Crippen LogP contribution in [0.3, 0.4) is 0 Å². The van der Waals surface area contributed by atoms with Crippen LogP contribution in [0, 0.1) is 11.6 Å². The first-order valence-corrected chi connectivity index (χ1v) is 5.44. The second kappa shape index (κ2) is 5.90. The van der Waals surface area contributed by atoms with E-state index in [1.165, 1.54) is 0 Å². The SMILES string of the molecule is O=C(Nc1ncc(F)cc1F)OCc1ccccc1. The van der Waals surface area contributed by atoms with Crippen molar-refractivity contribution in [2.24, 2.45) is 0 Å². The number of carbonyl (C=O) groups is 1. The fourth-order valence-corrected chi connectivity index (χ4v) is 1.36. The summed E-state index contributed by atoms with van der Waals surface area (Å²) >= 11 is 0. The van der Waals surface area contributed by atoms with Crippen LogP contribution in [0.2, 0.25) is 0 Å². The predicted octanol–water partition coefficient (Wildman–Crippen LogP) is 3.11. The molecule has 4 nitrogen and oxygen atoms in total. The van der Waals surface area contributed by atoms with Crippen LogP contribution < -0.4 is 5.32 Å². The molecule has 2 aromatic rings. The molecule has 0 bridgehead atoms. The van der Waals surface area contributed by atoms with Gasteiger partial charge in [-0.05, 0) is 5.56 Å². The van der Waals surface area contributed by atoms with Crippen LogP contribution in [0.1, 0.15) is 5.56 Å². The van der Waals surface area contributed by atoms with Gasteiger partial charge >= 0.3 is 6.09 Å². The van der Waals surface area contributed by atoms with Crippen molar-refractivity contribution in [3.05, 3.63) is 59.8 Å². The second-order valence-corrected chi connectivity index (χ2v) is 3.67. The van der Waals surface area contributed by atoms with Gasteiger partial charge in [-0.25, -0.2) is 18.6 Å². The minimum Gasteiger partial charge on any atom is -0.444 e. The molecule has 0 saturated heterocycles. The largest absolute Gasteiger partial charge is 0.444 e. The molecule has 1 aromatic carbocycles. The lowest BCUT2D eigenvalue weighted by Gasteiger charge is -2.07. The fourth-order valence-electron chi connectivity index (χ4n) is 1.36. The number of ether oxygens (including phenoxy) is 1. The van der Waals surface area contributed by atoms with Gasteiger partial charge in [0, 0.05) is 6.07 Å². The van der Waals surface area contributed by atoms with Crippen LogP contribution in [-0.4, -0.2) is 11.1 Å². The number of halogens is 2. The van der Waals surface area contributed by atoms with Gasteiger partial charge in [0.2, 0.25) is 0 Å². The van der Waals surface area contributed by atoms with Crippen molar-refractivity contribution in [1.82, 2.24) is 4.98 Å². The summed E-state index contributed by atoms with van der Waals surface area (Å²) in [6, 6.07) is 9.63. The molecule has 0 aliphatic heterocycles. The summed E-state index contributed by atoms with van der Waals surface area (Å²) in [5.41, 5.74) is 0.796. The van der Waals surface area contributed by atoms with E-state index in [9.17, 15) is 13.6 Å². The normalized spacial score (nSPS) is 10.0. The number of hydrogen-bond donors (Lipinski definition) is 1. The number of hydrogen-bond acceptors (Lipinski definition) is 3. The third kappa shape index (κ3) is 3.74. The summed E-state index contributed by atoms with van der Waals surface area (Å²) in [5, 5.41) is 2.09.